The zero-order valence-electron chi connectivity index (χ0n) is 16.4. The number of hydrogen-bond acceptors (Lipinski definition) is 3. The van der Waals surface area contributed by atoms with Gasteiger partial charge in [-0.2, -0.15) is 0 Å². The number of hydrogen-bond donors (Lipinski definition) is 0. The Hall–Kier alpha value is -2.53. The Kier molecular flexibility index (Phi) is 6.01. The molecule has 3 rings (SSSR count). The molecule has 2 aromatic heterocycles. The molecule has 2 heterocycles. The normalized spacial score (nSPS) is 10.8. The minimum atomic E-state index is 0.0360. The highest BCUT2D eigenvalue weighted by Crippen LogP contribution is 2.21. The molecule has 0 saturated carbocycles. The molecule has 0 saturated heterocycles. The number of rotatable bonds is 7. The van der Waals surface area contributed by atoms with Crippen molar-refractivity contribution in [3.63, 3.8) is 0 Å². The van der Waals surface area contributed by atoms with Gasteiger partial charge >= 0.3 is 0 Å². The van der Waals surface area contributed by atoms with E-state index in [9.17, 15) is 4.79 Å². The van der Waals surface area contributed by atoms with Crippen LogP contribution in [0.25, 0.3) is 0 Å². The van der Waals surface area contributed by atoms with Gasteiger partial charge in [0.1, 0.15) is 12.4 Å². The molecule has 4 nitrogen and oxygen atoms in total. The molecule has 5 heteroatoms. The lowest BCUT2D eigenvalue weighted by Crippen LogP contribution is -2.31. The third-order valence-corrected chi connectivity index (χ3v) is 5.68. The first-order chi connectivity index (χ1) is 13.0. The lowest BCUT2D eigenvalue weighted by molar-refractivity contribution is 0.0773. The van der Waals surface area contributed by atoms with Crippen molar-refractivity contribution >= 4 is 17.2 Å². The van der Waals surface area contributed by atoms with Crippen LogP contribution in [0.3, 0.4) is 0 Å². The number of amides is 1. The summed E-state index contributed by atoms with van der Waals surface area (Å²) in [5, 5.41) is 2.08. The van der Waals surface area contributed by atoms with Crippen LogP contribution >= 0.6 is 11.3 Å². The van der Waals surface area contributed by atoms with Gasteiger partial charge in [-0.05, 0) is 49.9 Å². The Labute approximate surface area is 165 Å². The average molecular weight is 383 g/mol. The predicted molar refractivity (Wildman–Crippen MR) is 111 cm³/mol. The minimum absolute atomic E-state index is 0.0360. The van der Waals surface area contributed by atoms with Crippen LogP contribution in [-0.2, 0) is 6.54 Å². The Morgan fingerprint density at radius 2 is 1.93 bits per heavy atom. The van der Waals surface area contributed by atoms with Crippen LogP contribution in [0.5, 0.6) is 5.75 Å². The summed E-state index contributed by atoms with van der Waals surface area (Å²) in [5.74, 6) is 0.904. The third-order valence-electron chi connectivity index (χ3n) is 4.82. The van der Waals surface area contributed by atoms with Crippen molar-refractivity contribution in [2.75, 3.05) is 20.2 Å². The van der Waals surface area contributed by atoms with E-state index in [-0.39, 0.29) is 5.91 Å². The van der Waals surface area contributed by atoms with Crippen LogP contribution in [0, 0.1) is 20.8 Å². The molecule has 0 spiro atoms. The number of thiophene rings is 1. The third kappa shape index (κ3) is 4.42. The average Bonchev–Trinajstić information content (AvgIpc) is 3.26. The number of ether oxygens (including phenoxy) is 1. The first-order valence-electron chi connectivity index (χ1n) is 9.10. The Bertz CT molecular complexity index is 913. The smallest absolute Gasteiger partial charge is 0.255 e. The summed E-state index contributed by atoms with van der Waals surface area (Å²) in [7, 11) is 1.83. The molecule has 3 aromatic rings. The molecule has 0 N–H and O–H groups in total. The molecule has 27 heavy (non-hydrogen) atoms. The maximum Gasteiger partial charge on any atom is 0.255 e. The molecule has 142 valence electrons. The molecule has 0 aliphatic carbocycles. The number of nitrogens with zero attached hydrogens (tertiary/aromatic N) is 2. The lowest BCUT2D eigenvalue weighted by atomic mass is 10.2. The summed E-state index contributed by atoms with van der Waals surface area (Å²) in [5.41, 5.74) is 3.98. The van der Waals surface area contributed by atoms with Gasteiger partial charge in [-0.3, -0.25) is 4.79 Å². The molecule has 1 amide bonds. The summed E-state index contributed by atoms with van der Waals surface area (Å²) in [6.07, 6.45) is 0. The van der Waals surface area contributed by atoms with Gasteiger partial charge in [-0.25, -0.2) is 0 Å². The minimum Gasteiger partial charge on any atom is -0.491 e. The number of aromatic nitrogens is 1. The number of para-hydroxylation sites is 1. The summed E-state index contributed by atoms with van der Waals surface area (Å²) in [4.78, 5) is 15.9. The topological polar surface area (TPSA) is 34.5 Å². The van der Waals surface area contributed by atoms with Gasteiger partial charge in [0.05, 0.1) is 18.7 Å². The van der Waals surface area contributed by atoms with E-state index in [1.165, 1.54) is 4.88 Å². The molecular formula is C22H26N2O2S. The number of aryl methyl sites for hydroxylation is 2. The van der Waals surface area contributed by atoms with Crippen LogP contribution in [-0.4, -0.2) is 35.6 Å². The second-order valence-electron chi connectivity index (χ2n) is 6.79. The van der Waals surface area contributed by atoms with E-state index in [2.05, 4.69) is 29.0 Å². The first kappa shape index (κ1) is 19.2. The van der Waals surface area contributed by atoms with Gasteiger partial charge in [0, 0.05) is 23.3 Å². The van der Waals surface area contributed by atoms with E-state index in [1.54, 1.807) is 16.2 Å². The quantitative estimate of drug-likeness (QED) is 0.595. The Morgan fingerprint density at radius 3 is 2.63 bits per heavy atom. The van der Waals surface area contributed by atoms with Crippen molar-refractivity contribution in [3.05, 3.63) is 75.2 Å². The van der Waals surface area contributed by atoms with Crippen molar-refractivity contribution in [1.82, 2.24) is 9.47 Å². The van der Waals surface area contributed by atoms with Crippen molar-refractivity contribution in [2.45, 2.75) is 27.3 Å². The summed E-state index contributed by atoms with van der Waals surface area (Å²) in [6.45, 7) is 7.92. The SMILES string of the molecule is Cc1ccccc1OCCN(C)C(=O)c1cc(C)n(Cc2cccs2)c1C. The molecule has 0 unspecified atom stereocenters. The standard InChI is InChI=1S/C22H26N2O2S/c1-16-8-5-6-10-21(16)26-12-11-23(4)22(25)20-14-17(2)24(18(20)3)15-19-9-7-13-27-19/h5-10,13-14H,11-12,15H2,1-4H3. The van der Waals surface area contributed by atoms with Crippen LogP contribution in [0.1, 0.15) is 32.2 Å². The Balaban J connectivity index is 1.64. The first-order valence-corrected chi connectivity index (χ1v) is 9.98. The van der Waals surface area contributed by atoms with Crippen molar-refractivity contribution < 1.29 is 9.53 Å². The van der Waals surface area contributed by atoms with E-state index >= 15 is 0 Å². The van der Waals surface area contributed by atoms with E-state index in [0.717, 1.165) is 34.8 Å². The largest absolute Gasteiger partial charge is 0.491 e. The van der Waals surface area contributed by atoms with Gasteiger partial charge < -0.3 is 14.2 Å². The van der Waals surface area contributed by atoms with Crippen molar-refractivity contribution in [2.24, 2.45) is 0 Å². The number of carbonyl (C=O) groups is 1. The van der Waals surface area contributed by atoms with E-state index in [0.29, 0.717) is 13.2 Å². The molecule has 0 radical (unpaired) electrons. The zero-order valence-corrected chi connectivity index (χ0v) is 17.2. The zero-order chi connectivity index (χ0) is 19.4. The van der Waals surface area contributed by atoms with Gasteiger partial charge in [0.2, 0.25) is 0 Å². The van der Waals surface area contributed by atoms with Gasteiger partial charge in [0.25, 0.3) is 5.91 Å². The second kappa shape index (κ2) is 8.44. The van der Waals surface area contributed by atoms with Crippen LogP contribution in [0.4, 0.5) is 0 Å². The highest BCUT2D eigenvalue weighted by atomic mass is 32.1. The number of benzene rings is 1. The van der Waals surface area contributed by atoms with E-state index in [1.807, 2.05) is 51.2 Å². The molecule has 0 bridgehead atoms. The predicted octanol–water partition coefficient (Wildman–Crippen LogP) is 4.67. The lowest BCUT2D eigenvalue weighted by Gasteiger charge is -2.18. The molecule has 0 fully saturated rings. The fourth-order valence-corrected chi connectivity index (χ4v) is 3.83. The molecule has 0 aliphatic heterocycles. The van der Waals surface area contributed by atoms with Gasteiger partial charge in [-0.1, -0.05) is 24.3 Å². The number of carbonyl (C=O) groups excluding carboxylic acids is 1. The highest BCUT2D eigenvalue weighted by molar-refractivity contribution is 7.09. The summed E-state index contributed by atoms with van der Waals surface area (Å²) >= 11 is 1.74. The Morgan fingerprint density at radius 1 is 1.15 bits per heavy atom. The molecule has 1 aromatic carbocycles. The van der Waals surface area contributed by atoms with Gasteiger partial charge in [0.15, 0.2) is 0 Å². The fraction of sp³-hybridized carbons (Fsp3) is 0.318. The highest BCUT2D eigenvalue weighted by Gasteiger charge is 2.19. The van der Waals surface area contributed by atoms with Crippen LogP contribution < -0.4 is 4.74 Å². The van der Waals surface area contributed by atoms with Gasteiger partial charge in [-0.15, -0.1) is 11.3 Å². The fourth-order valence-electron chi connectivity index (χ4n) is 3.14. The monoisotopic (exact) mass is 382 g/mol. The van der Waals surface area contributed by atoms with E-state index in [4.69, 9.17) is 4.74 Å². The van der Waals surface area contributed by atoms with Crippen LogP contribution in [0.2, 0.25) is 0 Å². The summed E-state index contributed by atoms with van der Waals surface area (Å²) in [6, 6.07) is 14.1. The molecular weight excluding hydrogens is 356 g/mol. The van der Waals surface area contributed by atoms with Crippen molar-refractivity contribution in [1.29, 1.82) is 0 Å². The molecule has 0 aliphatic rings. The summed E-state index contributed by atoms with van der Waals surface area (Å²) < 4.78 is 8.03. The number of likely N-dealkylation sites (N-methyl/N-ethyl adjacent to an activating group) is 1. The van der Waals surface area contributed by atoms with E-state index < -0.39 is 0 Å². The maximum atomic E-state index is 12.9. The maximum absolute atomic E-state index is 12.9. The van der Waals surface area contributed by atoms with Crippen LogP contribution in [0.15, 0.2) is 47.8 Å². The second-order valence-corrected chi connectivity index (χ2v) is 7.82. The van der Waals surface area contributed by atoms with Crippen molar-refractivity contribution in [3.8, 4) is 5.75 Å². The molecule has 0 atom stereocenters.